The standard InChI is InChI=1S/C15H20FN3O/c1-4-19(5-2)15(20)11-18(3)10-13-8-12(9-17)6-7-14(13)16/h6-8H,4-5,10-11H2,1-3H3. The first-order valence-corrected chi connectivity index (χ1v) is 6.66. The fraction of sp³-hybridized carbons (Fsp3) is 0.467. The molecule has 0 heterocycles. The molecule has 0 spiro atoms. The second kappa shape index (κ2) is 7.61. The molecule has 1 aromatic carbocycles. The second-order valence-corrected chi connectivity index (χ2v) is 4.66. The molecule has 0 aliphatic rings. The Balaban J connectivity index is 2.69. The van der Waals surface area contributed by atoms with Crippen LogP contribution in [0.2, 0.25) is 0 Å². The first kappa shape index (κ1) is 16.1. The van der Waals surface area contributed by atoms with E-state index < -0.39 is 0 Å². The average molecular weight is 277 g/mol. The van der Waals surface area contributed by atoms with Crippen molar-refractivity contribution in [2.45, 2.75) is 20.4 Å². The third-order valence-electron chi connectivity index (χ3n) is 3.14. The van der Waals surface area contributed by atoms with Gasteiger partial charge < -0.3 is 4.90 Å². The van der Waals surface area contributed by atoms with Crippen LogP contribution in [0.1, 0.15) is 25.0 Å². The Morgan fingerprint density at radius 2 is 2.00 bits per heavy atom. The molecular weight excluding hydrogens is 257 g/mol. The van der Waals surface area contributed by atoms with Crippen LogP contribution in [0.5, 0.6) is 0 Å². The number of halogens is 1. The van der Waals surface area contributed by atoms with E-state index in [1.807, 2.05) is 19.9 Å². The summed E-state index contributed by atoms with van der Waals surface area (Å²) in [6.07, 6.45) is 0. The molecule has 0 aliphatic carbocycles. The number of hydrogen-bond acceptors (Lipinski definition) is 3. The van der Waals surface area contributed by atoms with Crippen LogP contribution in [0.25, 0.3) is 0 Å². The number of rotatable bonds is 6. The number of carbonyl (C=O) groups excluding carboxylic acids is 1. The van der Waals surface area contributed by atoms with Gasteiger partial charge in [-0.05, 0) is 39.1 Å². The van der Waals surface area contributed by atoms with Crippen LogP contribution in [-0.4, -0.2) is 42.4 Å². The fourth-order valence-corrected chi connectivity index (χ4v) is 2.02. The Bertz CT molecular complexity index is 506. The van der Waals surface area contributed by atoms with E-state index in [1.165, 1.54) is 18.2 Å². The Morgan fingerprint density at radius 1 is 1.35 bits per heavy atom. The number of carbonyl (C=O) groups is 1. The van der Waals surface area contributed by atoms with Gasteiger partial charge in [-0.15, -0.1) is 0 Å². The summed E-state index contributed by atoms with van der Waals surface area (Å²) in [5, 5.41) is 8.82. The van der Waals surface area contributed by atoms with Crippen molar-refractivity contribution in [1.82, 2.24) is 9.80 Å². The summed E-state index contributed by atoms with van der Waals surface area (Å²) in [4.78, 5) is 15.4. The highest BCUT2D eigenvalue weighted by atomic mass is 19.1. The number of hydrogen-bond donors (Lipinski definition) is 0. The number of nitriles is 1. The Kier molecular flexibility index (Phi) is 6.13. The molecule has 0 fully saturated rings. The van der Waals surface area contributed by atoms with E-state index in [9.17, 15) is 9.18 Å². The quantitative estimate of drug-likeness (QED) is 0.799. The van der Waals surface area contributed by atoms with Gasteiger partial charge in [-0.25, -0.2) is 4.39 Å². The third-order valence-corrected chi connectivity index (χ3v) is 3.14. The maximum absolute atomic E-state index is 13.7. The summed E-state index contributed by atoms with van der Waals surface area (Å²) in [5.41, 5.74) is 0.851. The summed E-state index contributed by atoms with van der Waals surface area (Å²) >= 11 is 0. The molecule has 0 bridgehead atoms. The molecule has 0 aromatic heterocycles. The van der Waals surface area contributed by atoms with Crippen LogP contribution in [0.15, 0.2) is 18.2 Å². The second-order valence-electron chi connectivity index (χ2n) is 4.66. The molecule has 1 rings (SSSR count). The minimum atomic E-state index is -0.355. The van der Waals surface area contributed by atoms with Gasteiger partial charge in [0.2, 0.25) is 5.91 Å². The molecule has 1 amide bonds. The zero-order valence-electron chi connectivity index (χ0n) is 12.2. The summed E-state index contributed by atoms with van der Waals surface area (Å²) in [7, 11) is 1.76. The topological polar surface area (TPSA) is 47.3 Å². The van der Waals surface area contributed by atoms with Gasteiger partial charge in [-0.2, -0.15) is 5.26 Å². The zero-order valence-corrected chi connectivity index (χ0v) is 12.2. The molecule has 5 heteroatoms. The lowest BCUT2D eigenvalue weighted by Gasteiger charge is -2.23. The van der Waals surface area contributed by atoms with E-state index >= 15 is 0 Å². The van der Waals surface area contributed by atoms with Gasteiger partial charge in [-0.3, -0.25) is 9.69 Å². The van der Waals surface area contributed by atoms with Crippen molar-refractivity contribution in [3.05, 3.63) is 35.1 Å². The summed E-state index contributed by atoms with van der Waals surface area (Å²) < 4.78 is 13.7. The van der Waals surface area contributed by atoms with Crippen molar-refractivity contribution in [3.8, 4) is 6.07 Å². The molecule has 0 saturated heterocycles. The Labute approximate surface area is 119 Å². The lowest BCUT2D eigenvalue weighted by atomic mass is 10.1. The van der Waals surface area contributed by atoms with Crippen molar-refractivity contribution >= 4 is 5.91 Å². The van der Waals surface area contributed by atoms with Crippen LogP contribution in [0.4, 0.5) is 4.39 Å². The van der Waals surface area contributed by atoms with E-state index in [0.717, 1.165) is 0 Å². The lowest BCUT2D eigenvalue weighted by Crippen LogP contribution is -2.38. The van der Waals surface area contributed by atoms with E-state index in [2.05, 4.69) is 0 Å². The van der Waals surface area contributed by atoms with E-state index in [0.29, 0.717) is 30.8 Å². The number of amides is 1. The lowest BCUT2D eigenvalue weighted by molar-refractivity contribution is -0.131. The minimum absolute atomic E-state index is 0.0225. The summed E-state index contributed by atoms with van der Waals surface area (Å²) in [6, 6.07) is 6.24. The smallest absolute Gasteiger partial charge is 0.236 e. The molecular formula is C15H20FN3O. The third kappa shape index (κ3) is 4.32. The van der Waals surface area contributed by atoms with Crippen LogP contribution < -0.4 is 0 Å². The normalized spacial score (nSPS) is 10.4. The van der Waals surface area contributed by atoms with Gasteiger partial charge in [0.1, 0.15) is 5.82 Å². The van der Waals surface area contributed by atoms with Gasteiger partial charge in [0, 0.05) is 25.2 Å². The molecule has 1 aromatic rings. The molecule has 0 N–H and O–H groups in total. The highest BCUT2D eigenvalue weighted by Gasteiger charge is 2.14. The molecule has 4 nitrogen and oxygen atoms in total. The van der Waals surface area contributed by atoms with Crippen molar-refractivity contribution < 1.29 is 9.18 Å². The number of nitrogens with zero attached hydrogens (tertiary/aromatic N) is 3. The van der Waals surface area contributed by atoms with E-state index in [1.54, 1.807) is 16.8 Å². The van der Waals surface area contributed by atoms with Crippen molar-refractivity contribution in [3.63, 3.8) is 0 Å². The maximum Gasteiger partial charge on any atom is 0.236 e. The van der Waals surface area contributed by atoms with Crippen LogP contribution in [0, 0.1) is 17.1 Å². The highest BCUT2D eigenvalue weighted by molar-refractivity contribution is 5.78. The van der Waals surface area contributed by atoms with Crippen LogP contribution in [0.3, 0.4) is 0 Å². The van der Waals surface area contributed by atoms with Crippen molar-refractivity contribution in [2.24, 2.45) is 0 Å². The average Bonchev–Trinajstić information content (AvgIpc) is 2.42. The van der Waals surface area contributed by atoms with Gasteiger partial charge in [0.05, 0.1) is 18.2 Å². The largest absolute Gasteiger partial charge is 0.342 e. The predicted octanol–water partition coefficient (Wildman–Crippen LogP) is 2.00. The van der Waals surface area contributed by atoms with Gasteiger partial charge in [-0.1, -0.05) is 0 Å². The Morgan fingerprint density at radius 3 is 2.55 bits per heavy atom. The van der Waals surface area contributed by atoms with Crippen molar-refractivity contribution in [2.75, 3.05) is 26.7 Å². The van der Waals surface area contributed by atoms with Gasteiger partial charge in [0.15, 0.2) is 0 Å². The molecule has 0 atom stereocenters. The summed E-state index contributed by atoms with van der Waals surface area (Å²) in [5.74, 6) is -0.333. The van der Waals surface area contributed by atoms with Crippen LogP contribution in [-0.2, 0) is 11.3 Å². The van der Waals surface area contributed by atoms with Crippen molar-refractivity contribution in [1.29, 1.82) is 5.26 Å². The van der Waals surface area contributed by atoms with E-state index in [4.69, 9.17) is 5.26 Å². The molecule has 0 aliphatic heterocycles. The monoisotopic (exact) mass is 277 g/mol. The summed E-state index contributed by atoms with van der Waals surface area (Å²) in [6.45, 7) is 5.73. The predicted molar refractivity (Wildman–Crippen MR) is 75.4 cm³/mol. The molecule has 0 radical (unpaired) electrons. The fourth-order valence-electron chi connectivity index (χ4n) is 2.02. The van der Waals surface area contributed by atoms with Crippen LogP contribution >= 0.6 is 0 Å². The first-order valence-electron chi connectivity index (χ1n) is 6.66. The SMILES string of the molecule is CCN(CC)C(=O)CN(C)Cc1cc(C#N)ccc1F. The zero-order chi connectivity index (χ0) is 15.1. The van der Waals surface area contributed by atoms with E-state index in [-0.39, 0.29) is 18.3 Å². The molecule has 0 saturated carbocycles. The highest BCUT2D eigenvalue weighted by Crippen LogP contribution is 2.12. The minimum Gasteiger partial charge on any atom is -0.342 e. The van der Waals surface area contributed by atoms with Gasteiger partial charge in [0.25, 0.3) is 0 Å². The number of benzene rings is 1. The maximum atomic E-state index is 13.7. The first-order chi connectivity index (χ1) is 9.51. The van der Waals surface area contributed by atoms with Gasteiger partial charge >= 0.3 is 0 Å². The molecule has 108 valence electrons. The Hall–Kier alpha value is -1.93. The molecule has 0 unspecified atom stereocenters. The molecule has 20 heavy (non-hydrogen) atoms. The number of likely N-dealkylation sites (N-methyl/N-ethyl adjacent to an activating group) is 2.